The molecule has 10 heteroatoms. The number of methoxy groups -OCH3 is 1. The second kappa shape index (κ2) is 11.1. The molecule has 4 aromatic rings. The fourth-order valence-electron chi connectivity index (χ4n) is 5.88. The summed E-state index contributed by atoms with van der Waals surface area (Å²) >= 11 is 1.60. The number of piperidine rings is 1. The van der Waals surface area contributed by atoms with Gasteiger partial charge in [-0.25, -0.2) is 19.2 Å². The summed E-state index contributed by atoms with van der Waals surface area (Å²) in [4.78, 5) is 24.9. The molecule has 6 rings (SSSR count). The average molecular weight is 591 g/mol. The number of hydrogen-bond donors (Lipinski definition) is 1. The molecule has 1 N–H and O–H groups in total. The van der Waals surface area contributed by atoms with Crippen molar-refractivity contribution in [2.24, 2.45) is 0 Å². The van der Waals surface area contributed by atoms with Gasteiger partial charge in [-0.3, -0.25) is 0 Å². The summed E-state index contributed by atoms with van der Waals surface area (Å²) in [6, 6.07) is 8.77. The van der Waals surface area contributed by atoms with Gasteiger partial charge in [-0.05, 0) is 70.2 Å². The third kappa shape index (κ3) is 5.47. The van der Waals surface area contributed by atoms with Crippen molar-refractivity contribution in [3.8, 4) is 22.6 Å². The first-order valence-corrected chi connectivity index (χ1v) is 15.1. The van der Waals surface area contributed by atoms with Gasteiger partial charge in [-0.1, -0.05) is 6.07 Å². The largest absolute Gasteiger partial charge is 0.496 e. The van der Waals surface area contributed by atoms with E-state index in [1.165, 1.54) is 23.3 Å². The van der Waals surface area contributed by atoms with Gasteiger partial charge < -0.3 is 24.4 Å². The Hall–Kier alpha value is -3.92. The van der Waals surface area contributed by atoms with Gasteiger partial charge in [0.15, 0.2) is 0 Å². The second-order valence-corrected chi connectivity index (χ2v) is 13.0. The maximum Gasteiger partial charge on any atom is 0.410 e. The number of aryl methyl sites for hydroxylation is 1. The minimum atomic E-state index is -0.499. The van der Waals surface area contributed by atoms with Crippen LogP contribution in [0.4, 0.5) is 20.8 Å². The normalized spacial score (nSPS) is 15.4. The molecule has 2 aromatic carbocycles. The van der Waals surface area contributed by atoms with E-state index in [9.17, 15) is 9.18 Å². The van der Waals surface area contributed by atoms with Crippen LogP contribution in [0.3, 0.4) is 0 Å². The lowest BCUT2D eigenvalue weighted by molar-refractivity contribution is 0.0204. The molecule has 0 saturated carbocycles. The van der Waals surface area contributed by atoms with E-state index in [-0.39, 0.29) is 11.9 Å². The molecule has 0 aliphatic carbocycles. The number of thiophene rings is 1. The first-order valence-electron chi connectivity index (χ1n) is 14.2. The molecular weight excluding hydrogens is 555 g/mol. The van der Waals surface area contributed by atoms with Crippen molar-refractivity contribution in [2.75, 3.05) is 32.1 Å². The zero-order valence-corrected chi connectivity index (χ0v) is 25.4. The summed E-state index contributed by atoms with van der Waals surface area (Å²) in [5, 5.41) is 3.39. The smallest absolute Gasteiger partial charge is 0.410 e. The quantitative estimate of drug-likeness (QED) is 0.256. The van der Waals surface area contributed by atoms with Crippen LogP contribution in [0, 0.1) is 12.7 Å². The summed E-state index contributed by atoms with van der Waals surface area (Å²) in [5.74, 6) is 1.76. The molecule has 2 aliphatic rings. The van der Waals surface area contributed by atoms with Gasteiger partial charge in [-0.15, -0.1) is 11.3 Å². The monoisotopic (exact) mass is 590 g/mol. The van der Waals surface area contributed by atoms with E-state index < -0.39 is 5.60 Å². The fraction of sp³-hybridized carbons (Fsp3) is 0.406. The Kier molecular flexibility index (Phi) is 7.43. The predicted molar refractivity (Wildman–Crippen MR) is 163 cm³/mol. The molecule has 2 aromatic heterocycles. The van der Waals surface area contributed by atoms with Crippen LogP contribution in [0.25, 0.3) is 21.3 Å². The molecule has 0 spiro atoms. The summed E-state index contributed by atoms with van der Waals surface area (Å²) in [5.41, 5.74) is 5.30. The number of fused-ring (bicyclic) bond motifs is 2. The minimum absolute atomic E-state index is 0.243. The number of aromatic nitrogens is 2. The molecule has 8 nitrogen and oxygen atoms in total. The van der Waals surface area contributed by atoms with Gasteiger partial charge >= 0.3 is 6.09 Å². The molecule has 1 fully saturated rings. The number of amides is 1. The Bertz CT molecular complexity index is 1660. The lowest BCUT2D eigenvalue weighted by atomic mass is 9.85. The Labute approximate surface area is 248 Å². The highest BCUT2D eigenvalue weighted by molar-refractivity contribution is 7.19. The van der Waals surface area contributed by atoms with Crippen molar-refractivity contribution in [3.05, 3.63) is 58.3 Å². The number of hydrogen-bond acceptors (Lipinski definition) is 8. The van der Waals surface area contributed by atoms with Crippen molar-refractivity contribution in [3.63, 3.8) is 0 Å². The number of nitrogens with zero attached hydrogens (tertiary/aromatic N) is 3. The third-order valence-corrected chi connectivity index (χ3v) is 8.80. The maximum absolute atomic E-state index is 13.9. The second-order valence-electron chi connectivity index (χ2n) is 11.8. The van der Waals surface area contributed by atoms with Crippen LogP contribution in [0.1, 0.15) is 55.5 Å². The fourth-order valence-corrected chi connectivity index (χ4v) is 6.87. The van der Waals surface area contributed by atoms with Gasteiger partial charge in [0.2, 0.25) is 5.95 Å². The first kappa shape index (κ1) is 28.2. The molecule has 1 amide bonds. The van der Waals surface area contributed by atoms with E-state index in [2.05, 4.69) is 16.4 Å². The summed E-state index contributed by atoms with van der Waals surface area (Å²) in [7, 11) is 1.54. The number of rotatable bonds is 5. The number of halogens is 1. The van der Waals surface area contributed by atoms with Crippen molar-refractivity contribution < 1.29 is 23.4 Å². The molecule has 42 heavy (non-hydrogen) atoms. The number of anilines is 2. The third-order valence-electron chi connectivity index (χ3n) is 7.77. The summed E-state index contributed by atoms with van der Waals surface area (Å²) < 4.78 is 32.0. The molecule has 2 aliphatic heterocycles. The first-order chi connectivity index (χ1) is 20.1. The Morgan fingerprint density at radius 2 is 1.98 bits per heavy atom. The van der Waals surface area contributed by atoms with E-state index in [1.807, 2.05) is 44.9 Å². The van der Waals surface area contributed by atoms with Gasteiger partial charge in [0, 0.05) is 47.1 Å². The molecule has 220 valence electrons. The molecule has 1 saturated heterocycles. The zero-order valence-electron chi connectivity index (χ0n) is 24.5. The Morgan fingerprint density at radius 3 is 2.71 bits per heavy atom. The van der Waals surface area contributed by atoms with Gasteiger partial charge in [0.05, 0.1) is 35.8 Å². The minimum Gasteiger partial charge on any atom is -0.496 e. The lowest BCUT2D eigenvalue weighted by Crippen LogP contribution is -2.41. The lowest BCUT2D eigenvalue weighted by Gasteiger charge is -2.34. The zero-order chi connectivity index (χ0) is 29.6. The number of likely N-dealkylation sites (tertiary alicyclic amines) is 1. The van der Waals surface area contributed by atoms with E-state index >= 15 is 0 Å². The highest BCUT2D eigenvalue weighted by atomic mass is 32.1. The van der Waals surface area contributed by atoms with E-state index in [1.54, 1.807) is 24.5 Å². The van der Waals surface area contributed by atoms with Gasteiger partial charge in [-0.2, -0.15) is 0 Å². The molecule has 0 unspecified atom stereocenters. The average Bonchev–Trinajstić information content (AvgIpc) is 3.57. The maximum atomic E-state index is 13.9. The van der Waals surface area contributed by atoms with Crippen LogP contribution in [0.15, 0.2) is 36.5 Å². The van der Waals surface area contributed by atoms with Gasteiger partial charge in [0.25, 0.3) is 0 Å². The molecular formula is C32H35FN4O4S. The number of benzene rings is 2. The van der Waals surface area contributed by atoms with Gasteiger partial charge in [0.1, 0.15) is 22.9 Å². The standard InChI is InChI=1S/C32H35FN4O4S/c1-18-27(23-7-6-20(33)16-25(23)39-5)28-26(42-18)17-34-30(36-28)35-24-9-8-21(22-12-15-40-29(22)24)19-10-13-37(14-11-19)31(38)41-32(2,3)4/h6-9,16-17,19H,10-15H2,1-5H3,(H,34,35,36). The molecule has 0 bridgehead atoms. The number of nitrogens with one attached hydrogen (secondary N) is 1. The van der Waals surface area contributed by atoms with Crippen molar-refractivity contribution >= 4 is 39.3 Å². The Morgan fingerprint density at radius 1 is 1.19 bits per heavy atom. The topological polar surface area (TPSA) is 85.8 Å². The summed E-state index contributed by atoms with van der Waals surface area (Å²) in [6.07, 6.45) is 4.17. The van der Waals surface area contributed by atoms with Crippen molar-refractivity contribution in [1.29, 1.82) is 0 Å². The number of ether oxygens (including phenoxy) is 3. The number of carbonyl (C=O) groups excluding carboxylic acids is 1. The van der Waals surface area contributed by atoms with Crippen molar-refractivity contribution in [1.82, 2.24) is 14.9 Å². The molecule has 0 atom stereocenters. The van der Waals surface area contributed by atoms with E-state index in [0.29, 0.717) is 37.3 Å². The predicted octanol–water partition coefficient (Wildman–Crippen LogP) is 7.61. The number of carbonyl (C=O) groups is 1. The van der Waals surface area contributed by atoms with Crippen LogP contribution in [-0.2, 0) is 11.2 Å². The van der Waals surface area contributed by atoms with Crippen LogP contribution in [0.5, 0.6) is 11.5 Å². The highest BCUT2D eigenvalue weighted by Crippen LogP contribution is 2.44. The van der Waals surface area contributed by atoms with Crippen LogP contribution >= 0.6 is 11.3 Å². The Balaban J connectivity index is 1.25. The van der Waals surface area contributed by atoms with Crippen LogP contribution < -0.4 is 14.8 Å². The SMILES string of the molecule is COc1cc(F)ccc1-c1c(C)sc2cnc(Nc3ccc(C4CCN(C(=O)OC(C)(C)C)CC4)c4c3OCC4)nc12. The van der Waals surface area contributed by atoms with Crippen molar-refractivity contribution in [2.45, 2.75) is 58.5 Å². The molecule has 4 heterocycles. The van der Waals surface area contributed by atoms with E-state index in [4.69, 9.17) is 19.2 Å². The van der Waals surface area contributed by atoms with Crippen LogP contribution in [-0.4, -0.2) is 53.4 Å². The van der Waals surface area contributed by atoms with Crippen LogP contribution in [0.2, 0.25) is 0 Å². The summed E-state index contributed by atoms with van der Waals surface area (Å²) in [6.45, 7) is 9.66. The molecule has 0 radical (unpaired) electrons. The highest BCUT2D eigenvalue weighted by Gasteiger charge is 2.31. The van der Waals surface area contributed by atoms with E-state index in [0.717, 1.165) is 56.9 Å².